The molecule has 0 spiro atoms. The number of benzene rings is 2. The molecule has 6 heteroatoms. The molecule has 134 valence electrons. The second-order valence-corrected chi connectivity index (χ2v) is 6.82. The molecule has 2 aromatic carbocycles. The van der Waals surface area contributed by atoms with E-state index < -0.39 is 0 Å². The maximum Gasteiger partial charge on any atom is 0.238 e. The van der Waals surface area contributed by atoms with Crippen molar-refractivity contribution in [3.8, 4) is 0 Å². The van der Waals surface area contributed by atoms with E-state index in [0.29, 0.717) is 12.6 Å². The molecule has 2 heterocycles. The Bertz CT molecular complexity index is 872. The van der Waals surface area contributed by atoms with Gasteiger partial charge in [0, 0.05) is 23.3 Å². The molecule has 0 bridgehead atoms. The second-order valence-electron chi connectivity index (χ2n) is 6.82. The largest absolute Gasteiger partial charge is 0.324 e. The number of nitrogens with one attached hydrogen (secondary N) is 1. The zero-order chi connectivity index (χ0) is 17.8. The third kappa shape index (κ3) is 3.75. The van der Waals surface area contributed by atoms with Gasteiger partial charge in [-0.3, -0.25) is 14.4 Å². The molecule has 3 aromatic rings. The predicted octanol–water partition coefficient (Wildman–Crippen LogP) is 2.92. The number of nitrogens with zero attached hydrogens (tertiary/aromatic N) is 4. The minimum Gasteiger partial charge on any atom is -0.324 e. The highest BCUT2D eigenvalue weighted by Crippen LogP contribution is 2.23. The highest BCUT2D eigenvalue weighted by atomic mass is 16.2. The van der Waals surface area contributed by atoms with E-state index in [1.54, 1.807) is 6.20 Å². The lowest BCUT2D eigenvalue weighted by Gasteiger charge is -2.35. The molecule has 0 saturated carbocycles. The number of amides is 1. The van der Waals surface area contributed by atoms with Gasteiger partial charge < -0.3 is 5.32 Å². The van der Waals surface area contributed by atoms with Crippen LogP contribution in [-0.4, -0.2) is 44.9 Å². The first-order valence-corrected chi connectivity index (χ1v) is 9.15. The maximum atomic E-state index is 12.7. The van der Waals surface area contributed by atoms with Gasteiger partial charge in [0.2, 0.25) is 5.91 Å². The van der Waals surface area contributed by atoms with Crippen molar-refractivity contribution in [2.24, 2.45) is 0 Å². The Labute approximate surface area is 152 Å². The summed E-state index contributed by atoms with van der Waals surface area (Å²) >= 11 is 0. The molecular weight excluding hydrogens is 326 g/mol. The average molecular weight is 349 g/mol. The summed E-state index contributed by atoms with van der Waals surface area (Å²) in [6.45, 7) is 2.13. The zero-order valence-electron chi connectivity index (χ0n) is 14.7. The van der Waals surface area contributed by atoms with Crippen LogP contribution in [0, 0.1) is 0 Å². The first-order chi connectivity index (χ1) is 12.8. The summed E-state index contributed by atoms with van der Waals surface area (Å²) in [6.07, 6.45) is 6.99. The summed E-state index contributed by atoms with van der Waals surface area (Å²) in [5.41, 5.74) is 0.873. The van der Waals surface area contributed by atoms with Crippen molar-refractivity contribution in [3.63, 3.8) is 0 Å². The van der Waals surface area contributed by atoms with Gasteiger partial charge in [-0.15, -0.1) is 5.10 Å². The molecule has 0 unspecified atom stereocenters. The fourth-order valence-corrected chi connectivity index (χ4v) is 3.73. The quantitative estimate of drug-likeness (QED) is 0.769. The molecular formula is C20H23N5O. The maximum absolute atomic E-state index is 12.7. The Kier molecular flexibility index (Phi) is 4.93. The molecule has 0 aliphatic carbocycles. The highest BCUT2D eigenvalue weighted by molar-refractivity contribution is 6.02. The first kappa shape index (κ1) is 16.7. The van der Waals surface area contributed by atoms with Gasteiger partial charge in [-0.05, 0) is 30.8 Å². The number of aromatic nitrogens is 3. The van der Waals surface area contributed by atoms with Crippen LogP contribution in [0.4, 0.5) is 5.69 Å². The van der Waals surface area contributed by atoms with Crippen LogP contribution in [0.1, 0.15) is 19.3 Å². The van der Waals surface area contributed by atoms with Crippen LogP contribution >= 0.6 is 0 Å². The van der Waals surface area contributed by atoms with Gasteiger partial charge in [-0.25, -0.2) is 0 Å². The summed E-state index contributed by atoms with van der Waals surface area (Å²) in [7, 11) is 0. The molecule has 0 radical (unpaired) electrons. The summed E-state index contributed by atoms with van der Waals surface area (Å²) in [5.74, 6) is 0.0341. The molecule has 1 N–H and O–H groups in total. The number of carbonyl (C=O) groups excluding carboxylic acids is 1. The van der Waals surface area contributed by atoms with Gasteiger partial charge in [0.15, 0.2) is 0 Å². The van der Waals surface area contributed by atoms with Gasteiger partial charge in [0.05, 0.1) is 19.3 Å². The van der Waals surface area contributed by atoms with Crippen molar-refractivity contribution < 1.29 is 4.79 Å². The fourth-order valence-electron chi connectivity index (χ4n) is 3.73. The third-order valence-corrected chi connectivity index (χ3v) is 5.03. The smallest absolute Gasteiger partial charge is 0.238 e. The number of likely N-dealkylation sites (tertiary alicyclic amines) is 1. The van der Waals surface area contributed by atoms with Gasteiger partial charge in [-0.2, -0.15) is 0 Å². The topological polar surface area (TPSA) is 63.1 Å². The Morgan fingerprint density at radius 2 is 2.04 bits per heavy atom. The lowest BCUT2D eigenvalue weighted by atomic mass is 10.0. The zero-order valence-corrected chi connectivity index (χ0v) is 14.7. The van der Waals surface area contributed by atoms with E-state index in [0.717, 1.165) is 42.4 Å². The highest BCUT2D eigenvalue weighted by Gasteiger charge is 2.25. The molecule has 1 aliphatic rings. The van der Waals surface area contributed by atoms with Crippen molar-refractivity contribution >= 4 is 22.4 Å². The van der Waals surface area contributed by atoms with E-state index in [4.69, 9.17) is 0 Å². The minimum atomic E-state index is 0.0341. The SMILES string of the molecule is O=C(CN1CCCC[C@@H]1Cn1ccnn1)Nc1cccc2ccccc12. The molecule has 1 aliphatic heterocycles. The van der Waals surface area contributed by atoms with E-state index >= 15 is 0 Å². The van der Waals surface area contributed by atoms with E-state index in [9.17, 15) is 4.79 Å². The summed E-state index contributed by atoms with van der Waals surface area (Å²) in [6, 6.07) is 14.4. The second kappa shape index (κ2) is 7.66. The molecule has 1 fully saturated rings. The Hall–Kier alpha value is -2.73. The van der Waals surface area contributed by atoms with E-state index in [1.807, 2.05) is 41.2 Å². The number of piperidine rings is 1. The van der Waals surface area contributed by atoms with Crippen molar-refractivity contribution in [3.05, 3.63) is 54.9 Å². The Balaban J connectivity index is 1.44. The average Bonchev–Trinajstić information content (AvgIpc) is 3.17. The van der Waals surface area contributed by atoms with E-state index in [-0.39, 0.29) is 5.91 Å². The van der Waals surface area contributed by atoms with Crippen LogP contribution < -0.4 is 5.32 Å². The summed E-state index contributed by atoms with van der Waals surface area (Å²) < 4.78 is 1.85. The van der Waals surface area contributed by atoms with Crippen LogP contribution in [0.3, 0.4) is 0 Å². The van der Waals surface area contributed by atoms with Crippen molar-refractivity contribution in [1.82, 2.24) is 19.9 Å². The number of fused-ring (bicyclic) bond motifs is 1. The van der Waals surface area contributed by atoms with Gasteiger partial charge in [0.1, 0.15) is 0 Å². The molecule has 1 saturated heterocycles. The Morgan fingerprint density at radius 1 is 1.15 bits per heavy atom. The van der Waals surface area contributed by atoms with Crippen LogP contribution in [0.15, 0.2) is 54.9 Å². The number of anilines is 1. The van der Waals surface area contributed by atoms with Crippen molar-refractivity contribution in [2.75, 3.05) is 18.4 Å². The van der Waals surface area contributed by atoms with E-state index in [2.05, 4.69) is 32.7 Å². The summed E-state index contributed by atoms with van der Waals surface area (Å²) in [4.78, 5) is 15.0. The van der Waals surface area contributed by atoms with Crippen LogP contribution in [0.2, 0.25) is 0 Å². The van der Waals surface area contributed by atoms with E-state index in [1.165, 1.54) is 6.42 Å². The predicted molar refractivity (Wildman–Crippen MR) is 102 cm³/mol. The normalized spacial score (nSPS) is 18.1. The van der Waals surface area contributed by atoms with Gasteiger partial charge >= 0.3 is 0 Å². The fraction of sp³-hybridized carbons (Fsp3) is 0.350. The summed E-state index contributed by atoms with van der Waals surface area (Å²) in [5, 5.41) is 13.2. The first-order valence-electron chi connectivity index (χ1n) is 9.15. The van der Waals surface area contributed by atoms with Crippen LogP contribution in [-0.2, 0) is 11.3 Å². The van der Waals surface area contributed by atoms with Crippen LogP contribution in [0.5, 0.6) is 0 Å². The number of hydrogen-bond donors (Lipinski definition) is 1. The molecule has 1 aromatic heterocycles. The van der Waals surface area contributed by atoms with Crippen LogP contribution in [0.25, 0.3) is 10.8 Å². The third-order valence-electron chi connectivity index (χ3n) is 5.03. The standard InChI is InChI=1S/C20H23N5O/c26-20(22-19-10-5-7-16-6-1-2-9-18(16)19)15-24-12-4-3-8-17(24)14-25-13-11-21-23-25/h1-2,5-7,9-11,13,17H,3-4,8,12,14-15H2,(H,22,26)/t17-/m1/s1. The lowest BCUT2D eigenvalue weighted by Crippen LogP contribution is -2.46. The Morgan fingerprint density at radius 3 is 2.92 bits per heavy atom. The van der Waals surface area contributed by atoms with Crippen molar-refractivity contribution in [2.45, 2.75) is 31.8 Å². The monoisotopic (exact) mass is 349 g/mol. The van der Waals surface area contributed by atoms with Gasteiger partial charge in [-0.1, -0.05) is 48.0 Å². The minimum absolute atomic E-state index is 0.0341. The van der Waals surface area contributed by atoms with Gasteiger partial charge in [0.25, 0.3) is 0 Å². The number of carbonyl (C=O) groups is 1. The molecule has 4 rings (SSSR count). The number of hydrogen-bond acceptors (Lipinski definition) is 4. The lowest BCUT2D eigenvalue weighted by molar-refractivity contribution is -0.118. The molecule has 1 atom stereocenters. The molecule has 1 amide bonds. The molecule has 26 heavy (non-hydrogen) atoms. The number of rotatable bonds is 5. The van der Waals surface area contributed by atoms with Crippen molar-refractivity contribution in [1.29, 1.82) is 0 Å². The molecule has 6 nitrogen and oxygen atoms in total.